The SMILES string of the molecule is Cc1cc(C)c(-c2c(C)sc3c(N(C)C)nc(C)nc23)c(C)c1. The first-order valence-electron chi connectivity index (χ1n) is 7.83. The zero-order valence-electron chi connectivity index (χ0n) is 14.9. The number of benzene rings is 1. The minimum Gasteiger partial charge on any atom is -0.361 e. The topological polar surface area (TPSA) is 29.0 Å². The van der Waals surface area contributed by atoms with Crippen molar-refractivity contribution in [3.63, 3.8) is 0 Å². The van der Waals surface area contributed by atoms with E-state index in [1.807, 2.05) is 21.0 Å². The minimum absolute atomic E-state index is 0.822. The smallest absolute Gasteiger partial charge is 0.149 e. The molecule has 4 heteroatoms. The molecule has 0 radical (unpaired) electrons. The third kappa shape index (κ3) is 2.61. The van der Waals surface area contributed by atoms with Crippen LogP contribution in [0.4, 0.5) is 5.82 Å². The Morgan fingerprint density at radius 3 is 2.04 bits per heavy atom. The van der Waals surface area contributed by atoms with Crippen LogP contribution in [0.15, 0.2) is 12.1 Å². The van der Waals surface area contributed by atoms with Crippen LogP contribution in [0, 0.1) is 34.6 Å². The Morgan fingerprint density at radius 2 is 1.48 bits per heavy atom. The maximum atomic E-state index is 4.79. The zero-order chi connectivity index (χ0) is 16.9. The molecule has 0 spiro atoms. The molecule has 3 rings (SSSR count). The van der Waals surface area contributed by atoms with Crippen LogP contribution in [0.3, 0.4) is 0 Å². The third-order valence-electron chi connectivity index (χ3n) is 4.15. The number of aryl methyl sites for hydroxylation is 5. The van der Waals surface area contributed by atoms with E-state index >= 15 is 0 Å². The average molecular weight is 325 g/mol. The molecule has 3 aromatic rings. The Kier molecular flexibility index (Phi) is 3.88. The molecule has 0 N–H and O–H groups in total. The fourth-order valence-corrected chi connectivity index (χ4v) is 4.52. The van der Waals surface area contributed by atoms with E-state index in [2.05, 4.69) is 49.7 Å². The van der Waals surface area contributed by atoms with Crippen LogP contribution in [0.5, 0.6) is 0 Å². The van der Waals surface area contributed by atoms with E-state index < -0.39 is 0 Å². The summed E-state index contributed by atoms with van der Waals surface area (Å²) in [7, 11) is 4.08. The third-order valence-corrected chi connectivity index (χ3v) is 5.24. The summed E-state index contributed by atoms with van der Waals surface area (Å²) in [6, 6.07) is 4.51. The van der Waals surface area contributed by atoms with E-state index in [4.69, 9.17) is 4.98 Å². The monoisotopic (exact) mass is 325 g/mol. The van der Waals surface area contributed by atoms with Gasteiger partial charge in [0.05, 0.1) is 10.2 Å². The van der Waals surface area contributed by atoms with Gasteiger partial charge in [0.15, 0.2) is 0 Å². The zero-order valence-corrected chi connectivity index (χ0v) is 15.7. The standard InChI is InChI=1S/C19H23N3S/c1-10-8-11(2)15(12(3)9-10)16-13(4)23-18-17(16)20-14(5)21-19(18)22(6)7/h8-9H,1-7H3. The highest BCUT2D eigenvalue weighted by Gasteiger charge is 2.20. The number of fused-ring (bicyclic) bond motifs is 1. The lowest BCUT2D eigenvalue weighted by Crippen LogP contribution is -2.11. The summed E-state index contributed by atoms with van der Waals surface area (Å²) in [5, 5.41) is 0. The minimum atomic E-state index is 0.822. The molecule has 0 unspecified atom stereocenters. The second-order valence-electron chi connectivity index (χ2n) is 6.47. The molecule has 1 aromatic carbocycles. The van der Waals surface area contributed by atoms with Crippen LogP contribution in [-0.4, -0.2) is 24.1 Å². The summed E-state index contributed by atoms with van der Waals surface area (Å²) in [5.41, 5.74) is 7.61. The van der Waals surface area contributed by atoms with Gasteiger partial charge in [-0.25, -0.2) is 9.97 Å². The van der Waals surface area contributed by atoms with Crippen molar-refractivity contribution >= 4 is 27.4 Å². The van der Waals surface area contributed by atoms with Gasteiger partial charge in [-0.15, -0.1) is 11.3 Å². The Hall–Kier alpha value is -1.94. The summed E-state index contributed by atoms with van der Waals surface area (Å²) in [6.07, 6.45) is 0. The molecule has 0 saturated heterocycles. The predicted octanol–water partition coefficient (Wildman–Crippen LogP) is 4.97. The molecule has 23 heavy (non-hydrogen) atoms. The van der Waals surface area contributed by atoms with Crippen molar-refractivity contribution in [2.24, 2.45) is 0 Å². The van der Waals surface area contributed by atoms with Crippen LogP contribution in [0.25, 0.3) is 21.3 Å². The van der Waals surface area contributed by atoms with E-state index in [9.17, 15) is 0 Å². The number of aromatic nitrogens is 2. The highest BCUT2D eigenvalue weighted by molar-refractivity contribution is 7.20. The van der Waals surface area contributed by atoms with Crippen molar-refractivity contribution in [3.05, 3.63) is 39.5 Å². The lowest BCUT2D eigenvalue weighted by molar-refractivity contribution is 1.02. The Balaban J connectivity index is 2.42. The molecular formula is C19H23N3S. The lowest BCUT2D eigenvalue weighted by Gasteiger charge is -2.14. The van der Waals surface area contributed by atoms with E-state index in [0.717, 1.165) is 17.2 Å². The predicted molar refractivity (Wildman–Crippen MR) is 101 cm³/mol. The first kappa shape index (κ1) is 15.9. The van der Waals surface area contributed by atoms with E-state index in [-0.39, 0.29) is 0 Å². The summed E-state index contributed by atoms with van der Waals surface area (Å²) in [5.74, 6) is 1.83. The summed E-state index contributed by atoms with van der Waals surface area (Å²) in [6.45, 7) is 10.7. The molecule has 2 heterocycles. The highest BCUT2D eigenvalue weighted by atomic mass is 32.1. The number of hydrogen-bond acceptors (Lipinski definition) is 4. The number of nitrogens with zero attached hydrogens (tertiary/aromatic N) is 3. The molecule has 0 saturated carbocycles. The Bertz CT molecular complexity index is 884. The van der Waals surface area contributed by atoms with Crippen molar-refractivity contribution in [3.8, 4) is 11.1 Å². The molecule has 0 aliphatic carbocycles. The van der Waals surface area contributed by atoms with Crippen molar-refractivity contribution in [1.29, 1.82) is 0 Å². The fraction of sp³-hybridized carbons (Fsp3) is 0.368. The van der Waals surface area contributed by atoms with Gasteiger partial charge >= 0.3 is 0 Å². The summed E-state index contributed by atoms with van der Waals surface area (Å²) >= 11 is 1.79. The maximum Gasteiger partial charge on any atom is 0.149 e. The molecule has 0 aliphatic rings. The van der Waals surface area contributed by atoms with Gasteiger partial charge in [0.2, 0.25) is 0 Å². The van der Waals surface area contributed by atoms with Crippen LogP contribution in [0.2, 0.25) is 0 Å². The maximum absolute atomic E-state index is 4.79. The van der Waals surface area contributed by atoms with Crippen LogP contribution in [-0.2, 0) is 0 Å². The molecule has 0 amide bonds. The van der Waals surface area contributed by atoms with Gasteiger partial charge in [0.25, 0.3) is 0 Å². The molecular weight excluding hydrogens is 302 g/mol. The van der Waals surface area contributed by atoms with Crippen LogP contribution >= 0.6 is 11.3 Å². The van der Waals surface area contributed by atoms with Crippen molar-refractivity contribution in [2.45, 2.75) is 34.6 Å². The van der Waals surface area contributed by atoms with Crippen molar-refractivity contribution in [2.75, 3.05) is 19.0 Å². The van der Waals surface area contributed by atoms with Gasteiger partial charge in [0, 0.05) is 24.5 Å². The van der Waals surface area contributed by atoms with Gasteiger partial charge < -0.3 is 4.90 Å². The van der Waals surface area contributed by atoms with Gasteiger partial charge in [-0.1, -0.05) is 17.7 Å². The van der Waals surface area contributed by atoms with Gasteiger partial charge in [-0.3, -0.25) is 0 Å². The van der Waals surface area contributed by atoms with Gasteiger partial charge in [-0.2, -0.15) is 0 Å². The summed E-state index contributed by atoms with van der Waals surface area (Å²) in [4.78, 5) is 12.8. The van der Waals surface area contributed by atoms with Crippen molar-refractivity contribution in [1.82, 2.24) is 9.97 Å². The summed E-state index contributed by atoms with van der Waals surface area (Å²) < 4.78 is 1.17. The quantitative estimate of drug-likeness (QED) is 0.666. The Labute approximate surface area is 142 Å². The second kappa shape index (κ2) is 5.60. The van der Waals surface area contributed by atoms with E-state index in [1.165, 1.54) is 37.4 Å². The fourth-order valence-electron chi connectivity index (χ4n) is 3.35. The normalized spacial score (nSPS) is 11.3. The second-order valence-corrected chi connectivity index (χ2v) is 7.70. The number of thiophene rings is 1. The first-order chi connectivity index (χ1) is 10.8. The molecule has 0 bridgehead atoms. The van der Waals surface area contributed by atoms with Crippen molar-refractivity contribution < 1.29 is 0 Å². The largest absolute Gasteiger partial charge is 0.361 e. The number of anilines is 1. The van der Waals surface area contributed by atoms with Crippen LogP contribution in [0.1, 0.15) is 27.4 Å². The number of hydrogen-bond donors (Lipinski definition) is 0. The van der Waals surface area contributed by atoms with Crippen LogP contribution < -0.4 is 4.90 Å². The van der Waals surface area contributed by atoms with Gasteiger partial charge in [0.1, 0.15) is 11.6 Å². The highest BCUT2D eigenvalue weighted by Crippen LogP contribution is 2.43. The lowest BCUT2D eigenvalue weighted by atomic mass is 9.93. The Morgan fingerprint density at radius 1 is 0.870 bits per heavy atom. The molecule has 0 fully saturated rings. The molecule has 120 valence electrons. The van der Waals surface area contributed by atoms with E-state index in [0.29, 0.717) is 0 Å². The average Bonchev–Trinajstić information content (AvgIpc) is 2.74. The first-order valence-corrected chi connectivity index (χ1v) is 8.64. The molecule has 0 atom stereocenters. The van der Waals surface area contributed by atoms with E-state index in [1.54, 1.807) is 11.3 Å². The van der Waals surface area contributed by atoms with Gasteiger partial charge in [-0.05, 0) is 51.3 Å². The molecule has 3 nitrogen and oxygen atoms in total. The molecule has 0 aliphatic heterocycles. The molecule has 2 aromatic heterocycles. The number of rotatable bonds is 2.